The lowest BCUT2D eigenvalue weighted by Gasteiger charge is -2.10. The van der Waals surface area contributed by atoms with Gasteiger partial charge < -0.3 is 10.5 Å². The second-order valence-corrected chi connectivity index (χ2v) is 4.77. The Morgan fingerprint density at radius 2 is 2.00 bits per heavy atom. The molecule has 0 spiro atoms. The lowest BCUT2D eigenvalue weighted by Crippen LogP contribution is -2.05. The van der Waals surface area contributed by atoms with Crippen LogP contribution >= 0.6 is 11.6 Å². The maximum Gasteiger partial charge on any atom is 0.148 e. The van der Waals surface area contributed by atoms with Gasteiger partial charge in [0.05, 0.1) is 5.02 Å². The molecule has 0 fully saturated rings. The number of rotatable bonds is 4. The van der Waals surface area contributed by atoms with Gasteiger partial charge in [-0.3, -0.25) is 0 Å². The molecule has 0 aliphatic carbocycles. The Kier molecular flexibility index (Phi) is 4.40. The summed E-state index contributed by atoms with van der Waals surface area (Å²) in [5, 5.41) is 0.102. The molecule has 19 heavy (non-hydrogen) atoms. The molecule has 0 saturated heterocycles. The van der Waals surface area contributed by atoms with Crippen LogP contribution in [0.5, 0.6) is 5.75 Å². The minimum atomic E-state index is -0.437. The zero-order valence-electron chi connectivity index (χ0n) is 10.6. The van der Waals surface area contributed by atoms with Gasteiger partial charge in [-0.1, -0.05) is 35.9 Å². The fourth-order valence-electron chi connectivity index (χ4n) is 1.71. The van der Waals surface area contributed by atoms with Crippen LogP contribution < -0.4 is 10.5 Å². The number of benzene rings is 2. The van der Waals surface area contributed by atoms with E-state index in [1.807, 2.05) is 31.2 Å². The molecule has 0 bridgehead atoms. The first-order valence-electron chi connectivity index (χ1n) is 5.99. The van der Waals surface area contributed by atoms with Crippen molar-refractivity contribution in [2.24, 2.45) is 5.73 Å². The van der Waals surface area contributed by atoms with Crippen LogP contribution in [0.25, 0.3) is 0 Å². The molecule has 1 unspecified atom stereocenters. The minimum absolute atomic E-state index is 0.0635. The summed E-state index contributed by atoms with van der Waals surface area (Å²) >= 11 is 5.72. The van der Waals surface area contributed by atoms with Crippen molar-refractivity contribution in [3.63, 3.8) is 0 Å². The summed E-state index contributed by atoms with van der Waals surface area (Å²) in [4.78, 5) is 0. The molecular formula is C15H15ClFNO. The smallest absolute Gasteiger partial charge is 0.148 e. The largest absolute Gasteiger partial charge is 0.489 e. The Morgan fingerprint density at radius 1 is 1.26 bits per heavy atom. The first-order valence-corrected chi connectivity index (χ1v) is 6.37. The molecule has 2 rings (SSSR count). The van der Waals surface area contributed by atoms with E-state index >= 15 is 0 Å². The molecular weight excluding hydrogens is 265 g/mol. The minimum Gasteiger partial charge on any atom is -0.489 e. The van der Waals surface area contributed by atoms with E-state index in [2.05, 4.69) is 0 Å². The van der Waals surface area contributed by atoms with Gasteiger partial charge in [0.2, 0.25) is 0 Å². The van der Waals surface area contributed by atoms with Gasteiger partial charge in [0.1, 0.15) is 18.2 Å². The van der Waals surface area contributed by atoms with Crippen molar-refractivity contribution in [3.05, 3.63) is 64.4 Å². The van der Waals surface area contributed by atoms with Crippen LogP contribution in [0.3, 0.4) is 0 Å². The summed E-state index contributed by atoms with van der Waals surface area (Å²) in [5.41, 5.74) is 7.21. The zero-order chi connectivity index (χ0) is 13.8. The highest BCUT2D eigenvalue weighted by Gasteiger charge is 2.07. The summed E-state index contributed by atoms with van der Waals surface area (Å²) in [6.07, 6.45) is 0. The highest BCUT2D eigenvalue weighted by atomic mass is 35.5. The molecule has 4 heteroatoms. The number of hydrogen-bond donors (Lipinski definition) is 1. The third-order valence-corrected chi connectivity index (χ3v) is 3.10. The second kappa shape index (κ2) is 6.04. The van der Waals surface area contributed by atoms with Gasteiger partial charge in [0, 0.05) is 11.6 Å². The predicted molar refractivity (Wildman–Crippen MR) is 74.8 cm³/mol. The van der Waals surface area contributed by atoms with Gasteiger partial charge in [-0.2, -0.15) is 0 Å². The summed E-state index contributed by atoms with van der Waals surface area (Å²) in [6.45, 7) is 2.03. The van der Waals surface area contributed by atoms with Crippen molar-refractivity contribution in [2.75, 3.05) is 0 Å². The first kappa shape index (κ1) is 13.8. The predicted octanol–water partition coefficient (Wildman–Crippen LogP) is 4.08. The van der Waals surface area contributed by atoms with Crippen LogP contribution in [0.4, 0.5) is 4.39 Å². The molecule has 2 aromatic rings. The normalized spacial score (nSPS) is 12.2. The van der Waals surface area contributed by atoms with E-state index < -0.39 is 5.82 Å². The fourth-order valence-corrected chi connectivity index (χ4v) is 1.90. The standard InChI is InChI=1S/C15H15ClFNO/c1-10(18)11-4-2-6-13(8-11)19-9-12-5-3-7-14(16)15(12)17/h2-8,10H,9,18H2,1H3. The summed E-state index contributed by atoms with van der Waals surface area (Å²) in [7, 11) is 0. The average molecular weight is 280 g/mol. The SMILES string of the molecule is CC(N)c1cccc(OCc2cccc(Cl)c2F)c1. The number of nitrogens with two attached hydrogens (primary N) is 1. The lowest BCUT2D eigenvalue weighted by atomic mass is 10.1. The molecule has 0 aromatic heterocycles. The van der Waals surface area contributed by atoms with Crippen molar-refractivity contribution >= 4 is 11.6 Å². The summed E-state index contributed by atoms with van der Waals surface area (Å²) < 4.78 is 19.2. The van der Waals surface area contributed by atoms with Gasteiger partial charge >= 0.3 is 0 Å². The molecule has 2 nitrogen and oxygen atoms in total. The zero-order valence-corrected chi connectivity index (χ0v) is 11.3. The fraction of sp³-hybridized carbons (Fsp3) is 0.200. The topological polar surface area (TPSA) is 35.2 Å². The Hall–Kier alpha value is -1.58. The van der Waals surface area contributed by atoms with E-state index in [1.165, 1.54) is 6.07 Å². The third-order valence-electron chi connectivity index (χ3n) is 2.81. The van der Waals surface area contributed by atoms with Crippen molar-refractivity contribution in [2.45, 2.75) is 19.6 Å². The van der Waals surface area contributed by atoms with E-state index in [1.54, 1.807) is 12.1 Å². The van der Waals surface area contributed by atoms with Crippen LogP contribution in [-0.4, -0.2) is 0 Å². The van der Waals surface area contributed by atoms with E-state index in [0.717, 1.165) is 5.56 Å². The van der Waals surface area contributed by atoms with Crippen LogP contribution in [0.15, 0.2) is 42.5 Å². The quantitative estimate of drug-likeness (QED) is 0.915. The van der Waals surface area contributed by atoms with Crippen LogP contribution in [0, 0.1) is 5.82 Å². The maximum atomic E-state index is 13.7. The highest BCUT2D eigenvalue weighted by molar-refractivity contribution is 6.30. The molecule has 100 valence electrons. The van der Waals surface area contributed by atoms with E-state index in [-0.39, 0.29) is 17.7 Å². The first-order chi connectivity index (χ1) is 9.08. The molecule has 0 saturated carbocycles. The van der Waals surface area contributed by atoms with E-state index in [0.29, 0.717) is 11.3 Å². The Morgan fingerprint density at radius 3 is 2.74 bits per heavy atom. The van der Waals surface area contributed by atoms with Crippen molar-refractivity contribution in [1.82, 2.24) is 0 Å². The number of halogens is 2. The van der Waals surface area contributed by atoms with Crippen molar-refractivity contribution in [3.8, 4) is 5.75 Å². The maximum absolute atomic E-state index is 13.7. The molecule has 1 atom stereocenters. The molecule has 0 heterocycles. The molecule has 0 radical (unpaired) electrons. The third kappa shape index (κ3) is 3.46. The van der Waals surface area contributed by atoms with Crippen molar-refractivity contribution < 1.29 is 9.13 Å². The number of hydrogen-bond acceptors (Lipinski definition) is 2. The van der Waals surface area contributed by atoms with Gasteiger partial charge in [-0.05, 0) is 30.7 Å². The Labute approximate surface area is 117 Å². The van der Waals surface area contributed by atoms with Gasteiger partial charge in [-0.25, -0.2) is 4.39 Å². The Bertz CT molecular complexity index is 572. The lowest BCUT2D eigenvalue weighted by molar-refractivity contribution is 0.299. The van der Waals surface area contributed by atoms with Crippen LogP contribution in [0.1, 0.15) is 24.1 Å². The highest BCUT2D eigenvalue weighted by Crippen LogP contribution is 2.21. The molecule has 2 aromatic carbocycles. The molecule has 0 aliphatic rings. The Balaban J connectivity index is 2.10. The summed E-state index contributed by atoms with van der Waals surface area (Å²) in [6, 6.07) is 12.3. The number of ether oxygens (including phenoxy) is 1. The van der Waals surface area contributed by atoms with Gasteiger partial charge in [-0.15, -0.1) is 0 Å². The van der Waals surface area contributed by atoms with E-state index in [4.69, 9.17) is 22.1 Å². The molecule has 2 N–H and O–H groups in total. The second-order valence-electron chi connectivity index (χ2n) is 4.36. The molecule has 0 aliphatic heterocycles. The average Bonchev–Trinajstić information content (AvgIpc) is 2.41. The van der Waals surface area contributed by atoms with Gasteiger partial charge in [0.15, 0.2) is 0 Å². The van der Waals surface area contributed by atoms with Crippen LogP contribution in [-0.2, 0) is 6.61 Å². The van der Waals surface area contributed by atoms with Crippen molar-refractivity contribution in [1.29, 1.82) is 0 Å². The monoisotopic (exact) mass is 279 g/mol. The van der Waals surface area contributed by atoms with Gasteiger partial charge in [0.25, 0.3) is 0 Å². The summed E-state index contributed by atoms with van der Waals surface area (Å²) in [5.74, 6) is 0.224. The van der Waals surface area contributed by atoms with E-state index in [9.17, 15) is 4.39 Å². The molecule has 0 amide bonds. The van der Waals surface area contributed by atoms with Crippen LogP contribution in [0.2, 0.25) is 5.02 Å².